The smallest absolute Gasteiger partial charge is 0.289 e. The molecule has 6 nitrogen and oxygen atoms in total. The van der Waals surface area contributed by atoms with Crippen LogP contribution in [0.15, 0.2) is 84.6 Å². The predicted octanol–water partition coefficient (Wildman–Crippen LogP) is 5.96. The number of hydrogen-bond acceptors (Lipinski definition) is 4. The van der Waals surface area contributed by atoms with Gasteiger partial charge in [0, 0.05) is 37.9 Å². The number of carbonyl (C=O) groups excluding carboxylic acids is 2. The van der Waals surface area contributed by atoms with Gasteiger partial charge in [0.05, 0.1) is 6.04 Å². The molecular weight excluding hydrogens is 498 g/mol. The molecule has 3 aromatic carbocycles. The quantitative estimate of drug-likeness (QED) is 0.270. The van der Waals surface area contributed by atoms with E-state index in [0.717, 1.165) is 55.5 Å². The lowest BCUT2D eigenvalue weighted by Gasteiger charge is -2.44. The molecule has 0 spiro atoms. The summed E-state index contributed by atoms with van der Waals surface area (Å²) in [5.74, 6) is 0.225. The Kier molecular flexibility index (Phi) is 8.84. The summed E-state index contributed by atoms with van der Waals surface area (Å²) in [6.07, 6.45) is 6.86. The van der Waals surface area contributed by atoms with Crippen molar-refractivity contribution >= 4 is 23.6 Å². The molecule has 1 aliphatic heterocycles. The third kappa shape index (κ3) is 6.74. The molecule has 2 amide bonds. The van der Waals surface area contributed by atoms with Gasteiger partial charge >= 0.3 is 0 Å². The number of rotatable bonds is 9. The number of anilines is 1. The van der Waals surface area contributed by atoms with Gasteiger partial charge in [0.15, 0.2) is 5.76 Å². The van der Waals surface area contributed by atoms with Crippen molar-refractivity contribution in [3.8, 4) is 0 Å². The van der Waals surface area contributed by atoms with Gasteiger partial charge in [-0.2, -0.15) is 0 Å². The largest absolute Gasteiger partial charge is 0.482 e. The predicted molar refractivity (Wildman–Crippen MR) is 160 cm³/mol. The maximum Gasteiger partial charge on any atom is 0.289 e. The minimum absolute atomic E-state index is 0.0218. The number of hydrogen-bond donors (Lipinski definition) is 1. The van der Waals surface area contributed by atoms with Crippen molar-refractivity contribution < 1.29 is 14.3 Å². The van der Waals surface area contributed by atoms with Crippen molar-refractivity contribution in [2.75, 3.05) is 25.0 Å². The molecule has 5 rings (SSSR count). The Bertz CT molecular complexity index is 1340. The van der Waals surface area contributed by atoms with Gasteiger partial charge in [-0.15, -0.1) is 0 Å². The van der Waals surface area contributed by atoms with Crippen LogP contribution in [0.1, 0.15) is 59.2 Å². The molecule has 2 atom stereocenters. The second kappa shape index (κ2) is 12.9. The Morgan fingerprint density at radius 1 is 1.02 bits per heavy atom. The van der Waals surface area contributed by atoms with Gasteiger partial charge in [-0.25, -0.2) is 0 Å². The zero-order valence-corrected chi connectivity index (χ0v) is 23.5. The first-order valence-corrected chi connectivity index (χ1v) is 14.4. The third-order valence-corrected chi connectivity index (χ3v) is 7.88. The zero-order valence-electron chi connectivity index (χ0n) is 23.5. The van der Waals surface area contributed by atoms with Gasteiger partial charge in [0.25, 0.3) is 11.8 Å². The van der Waals surface area contributed by atoms with Crippen LogP contribution in [0.4, 0.5) is 5.69 Å². The lowest BCUT2D eigenvalue weighted by molar-refractivity contribution is -0.149. The van der Waals surface area contributed by atoms with E-state index in [1.165, 1.54) is 5.56 Å². The molecular formula is C34H39N3O3. The highest BCUT2D eigenvalue weighted by Gasteiger charge is 2.41. The fourth-order valence-electron chi connectivity index (χ4n) is 5.68. The Balaban J connectivity index is 1.20. The molecule has 1 saturated carbocycles. The molecule has 1 heterocycles. The van der Waals surface area contributed by atoms with Crippen LogP contribution in [0.25, 0.3) is 6.08 Å². The fraction of sp³-hybridized carbons (Fsp3) is 0.353. The van der Waals surface area contributed by atoms with E-state index in [0.29, 0.717) is 24.4 Å². The van der Waals surface area contributed by atoms with Crippen molar-refractivity contribution in [2.45, 2.75) is 57.7 Å². The van der Waals surface area contributed by atoms with Gasteiger partial charge < -0.3 is 19.9 Å². The summed E-state index contributed by atoms with van der Waals surface area (Å²) in [7, 11) is 2.06. The van der Waals surface area contributed by atoms with Crippen LogP contribution < -0.4 is 10.2 Å². The zero-order chi connectivity index (χ0) is 27.9. The maximum absolute atomic E-state index is 13.6. The fourth-order valence-corrected chi connectivity index (χ4v) is 5.68. The molecule has 6 heteroatoms. The molecule has 2 aliphatic rings. The van der Waals surface area contributed by atoms with Crippen molar-refractivity contribution in [2.24, 2.45) is 0 Å². The molecule has 40 heavy (non-hydrogen) atoms. The number of amides is 2. The number of para-hydroxylation sites is 1. The standard InChI is InChI=1S/C34H39N3O3/c1-25-10-8-11-27(22-25)24-37-30-14-6-7-15-31(30)40-32(34(37)39)23-26-16-18-28(19-17-26)33(38)35-20-9-21-36(2)29-12-4-3-5-13-29/h3-5,8,10-13,16-19,22-23,30-31H,6-7,9,14-15,20-21,24H2,1-2H3,(H,35,38)/b32-23+. The monoisotopic (exact) mass is 537 g/mol. The number of aryl methyl sites for hydroxylation is 1. The SMILES string of the molecule is Cc1cccc(CN2C(=O)/C(=C\c3ccc(C(=O)NCCCN(C)c4ccccc4)cc3)OC3CCCCC32)c1. The molecule has 2 unspecified atom stereocenters. The lowest BCUT2D eigenvalue weighted by atomic mass is 9.89. The first-order valence-electron chi connectivity index (χ1n) is 14.4. The highest BCUT2D eigenvalue weighted by molar-refractivity contribution is 5.97. The van der Waals surface area contributed by atoms with Crippen molar-refractivity contribution in [1.82, 2.24) is 10.2 Å². The van der Waals surface area contributed by atoms with Crippen molar-refractivity contribution in [1.29, 1.82) is 0 Å². The van der Waals surface area contributed by atoms with Gasteiger partial charge in [-0.3, -0.25) is 9.59 Å². The van der Waals surface area contributed by atoms with Gasteiger partial charge in [-0.05, 0) is 74.1 Å². The Hall–Kier alpha value is -4.06. The summed E-state index contributed by atoms with van der Waals surface area (Å²) in [4.78, 5) is 30.5. The van der Waals surface area contributed by atoms with E-state index in [1.54, 1.807) is 12.1 Å². The van der Waals surface area contributed by atoms with Gasteiger partial charge in [0.2, 0.25) is 0 Å². The number of carbonyl (C=O) groups is 2. The summed E-state index contributed by atoms with van der Waals surface area (Å²) in [5.41, 5.74) is 4.94. The first kappa shape index (κ1) is 27.5. The van der Waals surface area contributed by atoms with Crippen molar-refractivity contribution in [3.63, 3.8) is 0 Å². The van der Waals surface area contributed by atoms with Crippen LogP contribution in [0.3, 0.4) is 0 Å². The van der Waals surface area contributed by atoms with E-state index in [9.17, 15) is 9.59 Å². The molecule has 3 aromatic rings. The van der Waals surface area contributed by atoms with Crippen LogP contribution in [0.2, 0.25) is 0 Å². The summed E-state index contributed by atoms with van der Waals surface area (Å²) in [6.45, 7) is 4.12. The molecule has 1 aliphatic carbocycles. The number of nitrogens with zero attached hydrogens (tertiary/aromatic N) is 2. The Morgan fingerprint density at radius 3 is 2.58 bits per heavy atom. The third-order valence-electron chi connectivity index (χ3n) is 7.88. The van der Waals surface area contributed by atoms with Crippen LogP contribution in [-0.4, -0.2) is 49.0 Å². The minimum Gasteiger partial charge on any atom is -0.482 e. The molecule has 208 valence electrons. The Morgan fingerprint density at radius 2 is 1.80 bits per heavy atom. The number of ether oxygens (including phenoxy) is 1. The first-order chi connectivity index (χ1) is 19.5. The van der Waals surface area contributed by atoms with Gasteiger partial charge in [0.1, 0.15) is 6.10 Å². The number of benzene rings is 3. The summed E-state index contributed by atoms with van der Waals surface area (Å²) < 4.78 is 6.28. The van der Waals surface area contributed by atoms with Crippen LogP contribution in [-0.2, 0) is 16.1 Å². The molecule has 1 N–H and O–H groups in total. The highest BCUT2D eigenvalue weighted by Crippen LogP contribution is 2.34. The summed E-state index contributed by atoms with van der Waals surface area (Å²) in [5, 5.41) is 3.01. The van der Waals surface area contributed by atoms with E-state index < -0.39 is 0 Å². The average molecular weight is 538 g/mol. The van der Waals surface area contributed by atoms with E-state index in [2.05, 4.69) is 54.5 Å². The molecule has 0 bridgehead atoms. The van der Waals surface area contributed by atoms with Crippen LogP contribution in [0.5, 0.6) is 0 Å². The average Bonchev–Trinajstić information content (AvgIpc) is 2.98. The second-order valence-corrected chi connectivity index (χ2v) is 10.9. The lowest BCUT2D eigenvalue weighted by Crippen LogP contribution is -2.54. The topological polar surface area (TPSA) is 61.9 Å². The highest BCUT2D eigenvalue weighted by atomic mass is 16.5. The number of fused-ring (bicyclic) bond motifs is 1. The molecule has 0 aromatic heterocycles. The molecule has 0 radical (unpaired) electrons. The van der Waals surface area contributed by atoms with E-state index in [1.807, 2.05) is 47.4 Å². The number of morpholine rings is 1. The van der Waals surface area contributed by atoms with E-state index in [4.69, 9.17) is 4.74 Å². The van der Waals surface area contributed by atoms with E-state index in [-0.39, 0.29) is 24.0 Å². The van der Waals surface area contributed by atoms with Crippen LogP contribution >= 0.6 is 0 Å². The maximum atomic E-state index is 13.6. The second-order valence-electron chi connectivity index (χ2n) is 10.9. The van der Waals surface area contributed by atoms with Crippen molar-refractivity contribution in [3.05, 3.63) is 107 Å². The minimum atomic E-state index is -0.0964. The molecule has 2 fully saturated rings. The van der Waals surface area contributed by atoms with Gasteiger partial charge in [-0.1, -0.05) is 66.6 Å². The van der Waals surface area contributed by atoms with Crippen LogP contribution in [0, 0.1) is 6.92 Å². The summed E-state index contributed by atoms with van der Waals surface area (Å²) in [6, 6.07) is 26.0. The normalized spacial score (nSPS) is 19.6. The molecule has 1 saturated heterocycles. The van der Waals surface area contributed by atoms with E-state index >= 15 is 0 Å². The summed E-state index contributed by atoms with van der Waals surface area (Å²) >= 11 is 0. The Labute approximate surface area is 237 Å². The number of nitrogens with one attached hydrogen (secondary N) is 1.